The summed E-state index contributed by atoms with van der Waals surface area (Å²) in [6.45, 7) is 0. The van der Waals surface area contributed by atoms with Crippen molar-refractivity contribution in [1.29, 1.82) is 10.5 Å². The van der Waals surface area contributed by atoms with Gasteiger partial charge in [-0.15, -0.1) is 0 Å². The minimum atomic E-state index is 0.613. The molecule has 0 amide bonds. The zero-order valence-electron chi connectivity index (χ0n) is 14.4. The van der Waals surface area contributed by atoms with Crippen LogP contribution in [0.1, 0.15) is 11.1 Å². The lowest BCUT2D eigenvalue weighted by Crippen LogP contribution is -1.93. The molecule has 0 N–H and O–H groups in total. The highest BCUT2D eigenvalue weighted by molar-refractivity contribution is 9.10. The Balaban J connectivity index is 2.28. The number of fused-ring (bicyclic) bond motifs is 7. The molecule has 5 aromatic carbocycles. The van der Waals surface area contributed by atoms with Crippen LogP contribution in [0.4, 0.5) is 0 Å². The Bertz CT molecular complexity index is 1440. The molecule has 0 aromatic heterocycles. The monoisotopic (exact) mass is 484 g/mol. The highest BCUT2D eigenvalue weighted by atomic mass is 79.9. The van der Waals surface area contributed by atoms with Crippen molar-refractivity contribution in [3.63, 3.8) is 0 Å². The van der Waals surface area contributed by atoms with E-state index in [-0.39, 0.29) is 0 Å². The van der Waals surface area contributed by atoms with Gasteiger partial charge in [0.05, 0.1) is 11.1 Å². The van der Waals surface area contributed by atoms with Gasteiger partial charge in [0.2, 0.25) is 0 Å². The number of nitriles is 2. The summed E-state index contributed by atoms with van der Waals surface area (Å²) in [7, 11) is 0. The summed E-state index contributed by atoms with van der Waals surface area (Å²) in [6.07, 6.45) is 0. The summed E-state index contributed by atoms with van der Waals surface area (Å²) in [5.41, 5.74) is 1.23. The molecule has 0 unspecified atom stereocenters. The Hall–Kier alpha value is -2.92. The van der Waals surface area contributed by atoms with Crippen molar-refractivity contribution in [2.24, 2.45) is 0 Å². The minimum absolute atomic E-state index is 0.613. The third-order valence-corrected chi connectivity index (χ3v) is 6.22. The molecule has 0 saturated carbocycles. The van der Waals surface area contributed by atoms with Gasteiger partial charge in [-0.1, -0.05) is 68.3 Å². The first-order valence-electron chi connectivity index (χ1n) is 8.63. The zero-order chi connectivity index (χ0) is 19.4. The van der Waals surface area contributed by atoms with Crippen molar-refractivity contribution in [2.45, 2.75) is 0 Å². The molecule has 0 saturated heterocycles. The molecule has 4 heteroatoms. The number of nitrogens with zero attached hydrogens (tertiary/aromatic N) is 2. The second-order valence-electron chi connectivity index (χ2n) is 6.65. The van der Waals surface area contributed by atoms with Crippen molar-refractivity contribution in [3.8, 4) is 12.1 Å². The molecule has 0 aliphatic rings. The van der Waals surface area contributed by atoms with Crippen molar-refractivity contribution < 1.29 is 0 Å². The van der Waals surface area contributed by atoms with Gasteiger partial charge in [0.1, 0.15) is 12.1 Å². The molecule has 0 fully saturated rings. The Labute approximate surface area is 177 Å². The maximum Gasteiger partial charge on any atom is 0.100 e. The Morgan fingerprint density at radius 2 is 0.964 bits per heavy atom. The van der Waals surface area contributed by atoms with Crippen LogP contribution in [0.5, 0.6) is 0 Å². The molecule has 0 radical (unpaired) electrons. The van der Waals surface area contributed by atoms with E-state index < -0.39 is 0 Å². The molecule has 0 heterocycles. The highest BCUT2D eigenvalue weighted by Crippen LogP contribution is 2.43. The first-order chi connectivity index (χ1) is 13.6. The standard InChI is InChI=1S/C24H10Br2N2/c25-13-5-7-17-19(9-13)20-10-14(26)6-8-18(20)24-22(12-28)16-4-2-1-3-15(16)21(11-27)23(17)24/h1-10H. The number of hydrogen-bond donors (Lipinski definition) is 0. The summed E-state index contributed by atoms with van der Waals surface area (Å²) >= 11 is 7.15. The van der Waals surface area contributed by atoms with E-state index in [2.05, 4.69) is 56.1 Å². The van der Waals surface area contributed by atoms with Crippen LogP contribution in [0.2, 0.25) is 0 Å². The van der Waals surface area contributed by atoms with Crippen LogP contribution in [-0.4, -0.2) is 0 Å². The van der Waals surface area contributed by atoms with Crippen LogP contribution in [0.15, 0.2) is 69.6 Å². The molecule has 130 valence electrons. The fraction of sp³-hybridized carbons (Fsp3) is 0. The fourth-order valence-corrected chi connectivity index (χ4v) is 4.85. The van der Waals surface area contributed by atoms with Gasteiger partial charge < -0.3 is 0 Å². The van der Waals surface area contributed by atoms with E-state index in [1.54, 1.807) is 0 Å². The van der Waals surface area contributed by atoms with Gasteiger partial charge in [-0.05, 0) is 45.8 Å². The van der Waals surface area contributed by atoms with Gasteiger partial charge in [0.15, 0.2) is 0 Å². The van der Waals surface area contributed by atoms with Gasteiger partial charge in [-0.25, -0.2) is 0 Å². The quantitative estimate of drug-likeness (QED) is 0.168. The molecule has 0 spiro atoms. The molecule has 5 rings (SSSR count). The summed E-state index contributed by atoms with van der Waals surface area (Å²) < 4.78 is 1.95. The average Bonchev–Trinajstić information content (AvgIpc) is 2.72. The number of benzene rings is 5. The lowest BCUT2D eigenvalue weighted by Gasteiger charge is -2.16. The molecular weight excluding hydrogens is 476 g/mol. The maximum absolute atomic E-state index is 10.1. The average molecular weight is 486 g/mol. The van der Waals surface area contributed by atoms with E-state index >= 15 is 0 Å². The van der Waals surface area contributed by atoms with E-state index in [9.17, 15) is 10.5 Å². The normalized spacial score (nSPS) is 11.1. The molecule has 28 heavy (non-hydrogen) atoms. The van der Waals surface area contributed by atoms with E-state index in [4.69, 9.17) is 0 Å². The van der Waals surface area contributed by atoms with E-state index in [0.717, 1.165) is 52.0 Å². The molecule has 0 aliphatic heterocycles. The first kappa shape index (κ1) is 17.2. The second-order valence-corrected chi connectivity index (χ2v) is 8.48. The predicted molar refractivity (Wildman–Crippen MR) is 121 cm³/mol. The van der Waals surface area contributed by atoms with Crippen molar-refractivity contribution in [2.75, 3.05) is 0 Å². The van der Waals surface area contributed by atoms with Gasteiger partial charge in [-0.3, -0.25) is 0 Å². The van der Waals surface area contributed by atoms with Gasteiger partial charge in [0.25, 0.3) is 0 Å². The predicted octanol–water partition coefficient (Wildman–Crippen LogP) is 7.57. The third kappa shape index (κ3) is 2.29. The Kier molecular flexibility index (Phi) is 3.88. The molecule has 0 aliphatic carbocycles. The maximum atomic E-state index is 10.1. The van der Waals surface area contributed by atoms with Crippen molar-refractivity contribution in [3.05, 3.63) is 80.7 Å². The molecule has 0 atom stereocenters. The zero-order valence-corrected chi connectivity index (χ0v) is 17.6. The van der Waals surface area contributed by atoms with Crippen LogP contribution in [0.3, 0.4) is 0 Å². The topological polar surface area (TPSA) is 47.6 Å². The number of rotatable bonds is 0. The summed E-state index contributed by atoms with van der Waals surface area (Å²) in [6, 6.07) is 24.7. The fourth-order valence-electron chi connectivity index (χ4n) is 4.12. The van der Waals surface area contributed by atoms with Crippen LogP contribution in [-0.2, 0) is 0 Å². The van der Waals surface area contributed by atoms with Gasteiger partial charge in [-0.2, -0.15) is 10.5 Å². The lowest BCUT2D eigenvalue weighted by molar-refractivity contribution is 1.50. The van der Waals surface area contributed by atoms with E-state index in [0.29, 0.717) is 11.1 Å². The third-order valence-electron chi connectivity index (χ3n) is 5.23. The largest absolute Gasteiger partial charge is 0.192 e. The molecule has 5 aromatic rings. The van der Waals surface area contributed by atoms with Crippen LogP contribution in [0.25, 0.3) is 43.1 Å². The van der Waals surface area contributed by atoms with Gasteiger partial charge >= 0.3 is 0 Å². The van der Waals surface area contributed by atoms with E-state index in [1.807, 2.05) is 48.5 Å². The highest BCUT2D eigenvalue weighted by Gasteiger charge is 2.19. The molecule has 2 nitrogen and oxygen atoms in total. The Morgan fingerprint density at radius 1 is 0.536 bits per heavy atom. The summed E-state index contributed by atoms with van der Waals surface area (Å²) in [5, 5.41) is 27.5. The van der Waals surface area contributed by atoms with Crippen molar-refractivity contribution in [1.82, 2.24) is 0 Å². The lowest BCUT2D eigenvalue weighted by atomic mass is 9.86. The van der Waals surface area contributed by atoms with Crippen LogP contribution < -0.4 is 0 Å². The second kappa shape index (κ2) is 6.31. The van der Waals surface area contributed by atoms with Gasteiger partial charge in [0, 0.05) is 30.5 Å². The van der Waals surface area contributed by atoms with E-state index in [1.165, 1.54) is 0 Å². The number of hydrogen-bond acceptors (Lipinski definition) is 2. The summed E-state index contributed by atoms with van der Waals surface area (Å²) in [5.74, 6) is 0. The van der Waals surface area contributed by atoms with Crippen LogP contribution >= 0.6 is 31.9 Å². The molecular formula is C24H10Br2N2. The smallest absolute Gasteiger partial charge is 0.100 e. The number of halogens is 2. The summed E-state index contributed by atoms with van der Waals surface area (Å²) in [4.78, 5) is 0. The van der Waals surface area contributed by atoms with Crippen molar-refractivity contribution >= 4 is 74.9 Å². The first-order valence-corrected chi connectivity index (χ1v) is 10.2. The minimum Gasteiger partial charge on any atom is -0.192 e. The van der Waals surface area contributed by atoms with Crippen LogP contribution in [0, 0.1) is 22.7 Å². The molecule has 0 bridgehead atoms. The Morgan fingerprint density at radius 3 is 1.36 bits per heavy atom. The SMILES string of the molecule is N#Cc1c2ccccc2c(C#N)c2c3ccc(Br)cc3c3cc(Br)ccc3c12.